The molecule has 0 aliphatic heterocycles. The van der Waals surface area contributed by atoms with Crippen molar-refractivity contribution in [1.82, 2.24) is 0 Å². The number of hydrogen-bond acceptors (Lipinski definition) is 4. The molecule has 15 heavy (non-hydrogen) atoms. The zero-order chi connectivity index (χ0) is 11.4. The summed E-state index contributed by atoms with van der Waals surface area (Å²) in [6.45, 7) is 0. The van der Waals surface area contributed by atoms with Crippen LogP contribution in [0.25, 0.3) is 0 Å². The van der Waals surface area contributed by atoms with E-state index in [9.17, 15) is 9.18 Å². The summed E-state index contributed by atoms with van der Waals surface area (Å²) in [5.41, 5.74) is 5.72. The average Bonchev–Trinajstić information content (AvgIpc) is 2.27. The number of esters is 1. The number of nitrogens with two attached hydrogens (primary N) is 1. The van der Waals surface area contributed by atoms with Gasteiger partial charge in [0.1, 0.15) is 17.9 Å². The minimum atomic E-state index is -0.998. The van der Waals surface area contributed by atoms with Crippen LogP contribution in [0.3, 0.4) is 0 Å². The molecule has 0 saturated carbocycles. The van der Waals surface area contributed by atoms with E-state index in [0.29, 0.717) is 5.56 Å². The molecule has 1 aromatic carbocycles. The maximum atomic E-state index is 12.9. The number of carbonyl (C=O) groups is 1. The lowest BCUT2D eigenvalue weighted by Crippen LogP contribution is -2.22. The van der Waals surface area contributed by atoms with Crippen molar-refractivity contribution >= 4 is 5.97 Å². The van der Waals surface area contributed by atoms with Gasteiger partial charge in [0.2, 0.25) is 0 Å². The Balaban J connectivity index is 3.07. The molecule has 1 rings (SSSR count). The number of hydrogen-bond donors (Lipinski definition) is 1. The standard InChI is InChI=1S/C10H9FN2O2/c1-15-10(14)9(13)6-2-3-8(11)7(4-6)5-12/h2-4,9H,13H2,1H3/t9-/m1/s1. The topological polar surface area (TPSA) is 76.1 Å². The van der Waals surface area contributed by atoms with Gasteiger partial charge >= 0.3 is 5.97 Å². The second-order valence-electron chi connectivity index (χ2n) is 2.85. The van der Waals surface area contributed by atoms with E-state index < -0.39 is 17.8 Å². The molecular formula is C10H9FN2O2. The quantitative estimate of drug-likeness (QED) is 0.731. The Labute approximate surface area is 86.1 Å². The molecule has 4 nitrogen and oxygen atoms in total. The molecule has 0 unspecified atom stereocenters. The fraction of sp³-hybridized carbons (Fsp3) is 0.200. The largest absolute Gasteiger partial charge is 0.468 e. The number of rotatable bonds is 2. The molecule has 1 atom stereocenters. The normalized spacial score (nSPS) is 11.6. The van der Waals surface area contributed by atoms with Crippen LogP contribution in [0.1, 0.15) is 17.2 Å². The highest BCUT2D eigenvalue weighted by Gasteiger charge is 2.17. The fourth-order valence-electron chi connectivity index (χ4n) is 1.09. The van der Waals surface area contributed by atoms with E-state index in [1.807, 2.05) is 0 Å². The summed E-state index contributed by atoms with van der Waals surface area (Å²) < 4.78 is 17.4. The van der Waals surface area contributed by atoms with Crippen LogP contribution in [0.2, 0.25) is 0 Å². The van der Waals surface area contributed by atoms with Gasteiger partial charge in [-0.2, -0.15) is 5.26 Å². The number of halogens is 1. The first-order chi connectivity index (χ1) is 7.10. The van der Waals surface area contributed by atoms with Crippen LogP contribution in [0.5, 0.6) is 0 Å². The van der Waals surface area contributed by atoms with Crippen molar-refractivity contribution in [2.45, 2.75) is 6.04 Å². The number of nitriles is 1. The van der Waals surface area contributed by atoms with Gasteiger partial charge in [-0.1, -0.05) is 6.07 Å². The van der Waals surface area contributed by atoms with Crippen molar-refractivity contribution < 1.29 is 13.9 Å². The van der Waals surface area contributed by atoms with Crippen molar-refractivity contribution in [1.29, 1.82) is 5.26 Å². The van der Waals surface area contributed by atoms with Crippen molar-refractivity contribution in [3.63, 3.8) is 0 Å². The molecule has 5 heteroatoms. The maximum Gasteiger partial charge on any atom is 0.327 e. The van der Waals surface area contributed by atoms with Crippen molar-refractivity contribution in [2.24, 2.45) is 5.73 Å². The highest BCUT2D eigenvalue weighted by molar-refractivity contribution is 5.77. The highest BCUT2D eigenvalue weighted by atomic mass is 19.1. The molecule has 0 spiro atoms. The van der Waals surface area contributed by atoms with E-state index in [1.54, 1.807) is 6.07 Å². The Hall–Kier alpha value is -1.93. The van der Waals surface area contributed by atoms with Crippen LogP contribution in [-0.2, 0) is 9.53 Å². The molecule has 2 N–H and O–H groups in total. The van der Waals surface area contributed by atoms with Gasteiger partial charge in [-0.3, -0.25) is 4.79 Å². The zero-order valence-electron chi connectivity index (χ0n) is 8.03. The van der Waals surface area contributed by atoms with Crippen molar-refractivity contribution in [3.05, 3.63) is 35.1 Å². The van der Waals surface area contributed by atoms with Gasteiger partial charge in [-0.05, 0) is 17.7 Å². The van der Waals surface area contributed by atoms with Crippen molar-refractivity contribution in [2.75, 3.05) is 7.11 Å². The van der Waals surface area contributed by atoms with Gasteiger partial charge < -0.3 is 10.5 Å². The second-order valence-corrected chi connectivity index (χ2v) is 2.85. The lowest BCUT2D eigenvalue weighted by molar-refractivity contribution is -0.142. The van der Waals surface area contributed by atoms with Crippen LogP contribution in [0.15, 0.2) is 18.2 Å². The first-order valence-electron chi connectivity index (χ1n) is 4.13. The summed E-state index contributed by atoms with van der Waals surface area (Å²) in [7, 11) is 1.21. The van der Waals surface area contributed by atoms with E-state index in [4.69, 9.17) is 11.0 Å². The number of methoxy groups -OCH3 is 1. The van der Waals surface area contributed by atoms with Crippen LogP contribution in [0.4, 0.5) is 4.39 Å². The summed E-state index contributed by atoms with van der Waals surface area (Å²) in [6.07, 6.45) is 0. The van der Waals surface area contributed by atoms with Gasteiger partial charge in [0.25, 0.3) is 0 Å². The number of ether oxygens (including phenoxy) is 1. The molecule has 0 bridgehead atoms. The Bertz CT molecular complexity index is 426. The minimum absolute atomic E-state index is 0.146. The van der Waals surface area contributed by atoms with Gasteiger partial charge in [-0.25, -0.2) is 4.39 Å². The molecule has 0 heterocycles. The molecule has 0 fully saturated rings. The van der Waals surface area contributed by atoms with Gasteiger partial charge in [-0.15, -0.1) is 0 Å². The molecule has 0 aliphatic rings. The SMILES string of the molecule is COC(=O)[C@H](N)c1ccc(F)c(C#N)c1. The average molecular weight is 208 g/mol. The number of nitrogens with zero attached hydrogens (tertiary/aromatic N) is 1. The maximum absolute atomic E-state index is 12.9. The van der Waals surface area contributed by atoms with E-state index >= 15 is 0 Å². The van der Waals surface area contributed by atoms with Gasteiger partial charge in [0.05, 0.1) is 12.7 Å². The molecule has 78 valence electrons. The third-order valence-corrected chi connectivity index (χ3v) is 1.93. The smallest absolute Gasteiger partial charge is 0.327 e. The molecule has 0 aromatic heterocycles. The Morgan fingerprint density at radius 3 is 2.87 bits per heavy atom. The molecular weight excluding hydrogens is 199 g/mol. The highest BCUT2D eigenvalue weighted by Crippen LogP contribution is 2.15. The first-order valence-corrected chi connectivity index (χ1v) is 4.13. The van der Waals surface area contributed by atoms with E-state index in [0.717, 1.165) is 6.07 Å². The molecule has 0 radical (unpaired) electrons. The van der Waals surface area contributed by atoms with Gasteiger partial charge in [0.15, 0.2) is 0 Å². The molecule has 1 aromatic rings. The lowest BCUT2D eigenvalue weighted by Gasteiger charge is -2.09. The summed E-state index contributed by atoms with van der Waals surface area (Å²) in [5.74, 6) is -1.27. The fourth-order valence-corrected chi connectivity index (χ4v) is 1.09. The monoisotopic (exact) mass is 208 g/mol. The zero-order valence-corrected chi connectivity index (χ0v) is 8.03. The Kier molecular flexibility index (Phi) is 3.37. The first kappa shape index (κ1) is 11.1. The van der Waals surface area contributed by atoms with E-state index in [-0.39, 0.29) is 5.56 Å². The second kappa shape index (κ2) is 4.53. The third kappa shape index (κ3) is 2.30. The summed E-state index contributed by atoms with van der Waals surface area (Å²) in [6, 6.07) is 4.34. The summed E-state index contributed by atoms with van der Waals surface area (Å²) in [5, 5.41) is 8.57. The summed E-state index contributed by atoms with van der Waals surface area (Å²) in [4.78, 5) is 11.1. The van der Waals surface area contributed by atoms with Crippen LogP contribution >= 0.6 is 0 Å². The third-order valence-electron chi connectivity index (χ3n) is 1.93. The van der Waals surface area contributed by atoms with E-state index in [1.165, 1.54) is 19.2 Å². The number of carbonyl (C=O) groups excluding carboxylic acids is 1. The Morgan fingerprint density at radius 1 is 1.67 bits per heavy atom. The number of benzene rings is 1. The minimum Gasteiger partial charge on any atom is -0.468 e. The predicted molar refractivity (Wildman–Crippen MR) is 50.1 cm³/mol. The van der Waals surface area contributed by atoms with Crippen LogP contribution < -0.4 is 5.73 Å². The molecule has 0 saturated heterocycles. The van der Waals surface area contributed by atoms with E-state index in [2.05, 4.69) is 4.74 Å². The summed E-state index contributed by atoms with van der Waals surface area (Å²) >= 11 is 0. The molecule has 0 amide bonds. The lowest BCUT2D eigenvalue weighted by atomic mass is 10.0. The Morgan fingerprint density at radius 2 is 2.33 bits per heavy atom. The van der Waals surface area contributed by atoms with Crippen molar-refractivity contribution in [3.8, 4) is 6.07 Å². The predicted octanol–water partition coefficient (Wildman–Crippen LogP) is 0.870. The van der Waals surface area contributed by atoms with Gasteiger partial charge in [0, 0.05) is 0 Å². The van der Waals surface area contributed by atoms with Crippen LogP contribution in [-0.4, -0.2) is 13.1 Å². The molecule has 0 aliphatic carbocycles. The van der Waals surface area contributed by atoms with Crippen LogP contribution in [0, 0.1) is 17.1 Å².